The molecule has 2 aromatic rings. The third-order valence-electron chi connectivity index (χ3n) is 4.86. The molecule has 28 heavy (non-hydrogen) atoms. The van der Waals surface area contributed by atoms with E-state index in [0.29, 0.717) is 23.1 Å². The highest BCUT2D eigenvalue weighted by molar-refractivity contribution is 7.14. The van der Waals surface area contributed by atoms with Crippen LogP contribution >= 0.6 is 11.3 Å². The van der Waals surface area contributed by atoms with Crippen LogP contribution in [0.1, 0.15) is 33.0 Å². The first kappa shape index (κ1) is 19.8. The maximum atomic E-state index is 11.3. The predicted molar refractivity (Wildman–Crippen MR) is 104 cm³/mol. The van der Waals surface area contributed by atoms with Crippen LogP contribution in [-0.4, -0.2) is 52.3 Å². The van der Waals surface area contributed by atoms with Crippen LogP contribution in [0, 0.1) is 0 Å². The van der Waals surface area contributed by atoms with Crippen molar-refractivity contribution in [1.82, 2.24) is 9.97 Å². The fraction of sp³-hybridized carbons (Fsp3) is 0.412. The van der Waals surface area contributed by atoms with Gasteiger partial charge in [0.05, 0.1) is 12.2 Å². The lowest BCUT2D eigenvalue weighted by Gasteiger charge is -2.44. The Morgan fingerprint density at radius 2 is 1.96 bits per heavy atom. The van der Waals surface area contributed by atoms with Crippen molar-refractivity contribution in [2.24, 2.45) is 0 Å². The Hall–Kier alpha value is -2.92. The quantitative estimate of drug-likeness (QED) is 0.531. The van der Waals surface area contributed by atoms with E-state index in [1.165, 1.54) is 11.3 Å². The lowest BCUT2D eigenvalue weighted by molar-refractivity contribution is -0.122. The van der Waals surface area contributed by atoms with E-state index in [0.717, 1.165) is 42.8 Å². The number of nitrogens with zero attached hydrogens (tertiary/aromatic N) is 3. The average Bonchev–Trinajstić information content (AvgIpc) is 3.09. The number of carboxylic acids is 1. The maximum Gasteiger partial charge on any atom is 0.345 e. The summed E-state index contributed by atoms with van der Waals surface area (Å²) in [6, 6.07) is 3.51. The van der Waals surface area contributed by atoms with E-state index in [-0.39, 0.29) is 12.4 Å². The van der Waals surface area contributed by atoms with Crippen LogP contribution in [0.4, 0.5) is 17.6 Å². The van der Waals surface area contributed by atoms with E-state index in [1.54, 1.807) is 12.1 Å². The van der Waals surface area contributed by atoms with E-state index in [9.17, 15) is 9.90 Å². The summed E-state index contributed by atoms with van der Waals surface area (Å²) in [6.45, 7) is 1.83. The van der Waals surface area contributed by atoms with Crippen LogP contribution in [0.2, 0.25) is 0 Å². The molecule has 0 atom stereocenters. The van der Waals surface area contributed by atoms with E-state index < -0.39 is 11.6 Å². The third-order valence-corrected chi connectivity index (χ3v) is 6.05. The Bertz CT molecular complexity index is 859. The average molecular weight is 407 g/mol. The van der Waals surface area contributed by atoms with Crippen LogP contribution in [0.25, 0.3) is 0 Å². The molecule has 2 aliphatic heterocycles. The SMILES string of the molecule is Nc1cc(N2CCC3(CC2)OCCc2sc(C(=O)O)cc23)nc(N)n1.O=CO. The first-order valence-electron chi connectivity index (χ1n) is 8.62. The molecule has 0 aromatic carbocycles. The van der Waals surface area contributed by atoms with Crippen LogP contribution < -0.4 is 16.4 Å². The van der Waals surface area contributed by atoms with Crippen LogP contribution in [0.5, 0.6) is 0 Å². The number of rotatable bonds is 2. The van der Waals surface area contributed by atoms with Crippen LogP contribution in [0.15, 0.2) is 12.1 Å². The molecule has 2 aliphatic rings. The summed E-state index contributed by atoms with van der Waals surface area (Å²) in [5, 5.41) is 16.2. The highest BCUT2D eigenvalue weighted by Crippen LogP contribution is 2.45. The Morgan fingerprint density at radius 3 is 2.57 bits per heavy atom. The zero-order chi connectivity index (χ0) is 20.3. The number of hydrogen-bond acceptors (Lipinski definition) is 9. The predicted octanol–water partition coefficient (Wildman–Crippen LogP) is 1.17. The number of carbonyl (C=O) groups is 2. The van der Waals surface area contributed by atoms with Crippen LogP contribution in [0.3, 0.4) is 0 Å². The van der Waals surface area contributed by atoms with E-state index in [2.05, 4.69) is 14.9 Å². The normalized spacial score (nSPS) is 17.4. The number of hydrogen-bond donors (Lipinski definition) is 4. The molecule has 0 aliphatic carbocycles. The summed E-state index contributed by atoms with van der Waals surface area (Å²) in [6.07, 6.45) is 2.30. The molecule has 1 spiro atoms. The Labute approximate surface area is 164 Å². The second-order valence-electron chi connectivity index (χ2n) is 6.45. The number of anilines is 3. The Kier molecular flexibility index (Phi) is 5.66. The zero-order valence-electron chi connectivity index (χ0n) is 15.0. The minimum Gasteiger partial charge on any atom is -0.483 e. The van der Waals surface area contributed by atoms with Gasteiger partial charge in [-0.3, -0.25) is 4.79 Å². The van der Waals surface area contributed by atoms with Crippen molar-refractivity contribution >= 4 is 41.4 Å². The maximum absolute atomic E-state index is 11.3. The van der Waals surface area contributed by atoms with Gasteiger partial charge in [-0.05, 0) is 24.5 Å². The molecule has 11 heteroatoms. The highest BCUT2D eigenvalue weighted by Gasteiger charge is 2.42. The lowest BCUT2D eigenvalue weighted by atomic mass is 9.82. The highest BCUT2D eigenvalue weighted by atomic mass is 32.1. The summed E-state index contributed by atoms with van der Waals surface area (Å²) in [7, 11) is 0. The second-order valence-corrected chi connectivity index (χ2v) is 7.58. The molecule has 6 N–H and O–H groups in total. The first-order chi connectivity index (χ1) is 13.4. The molecule has 1 saturated heterocycles. The minimum atomic E-state index is -0.876. The molecular weight excluding hydrogens is 386 g/mol. The fourth-order valence-electron chi connectivity index (χ4n) is 3.67. The number of piperidine rings is 1. The number of aromatic carboxylic acids is 1. The summed E-state index contributed by atoms with van der Waals surface area (Å²) < 4.78 is 6.16. The zero-order valence-corrected chi connectivity index (χ0v) is 15.8. The number of carboxylic acid groups (broad SMARTS) is 2. The largest absolute Gasteiger partial charge is 0.483 e. The van der Waals surface area contributed by atoms with Gasteiger partial charge in [0.15, 0.2) is 0 Å². The first-order valence-corrected chi connectivity index (χ1v) is 9.43. The van der Waals surface area contributed by atoms with Gasteiger partial charge in [-0.2, -0.15) is 9.97 Å². The molecule has 0 amide bonds. The van der Waals surface area contributed by atoms with Gasteiger partial charge in [0.2, 0.25) is 5.95 Å². The topological polar surface area (TPSA) is 165 Å². The van der Waals surface area contributed by atoms with Gasteiger partial charge in [-0.1, -0.05) is 0 Å². The number of fused-ring (bicyclic) bond motifs is 2. The van der Waals surface area contributed by atoms with Crippen molar-refractivity contribution in [3.63, 3.8) is 0 Å². The summed E-state index contributed by atoms with van der Waals surface area (Å²) in [5.41, 5.74) is 12.1. The van der Waals surface area contributed by atoms with E-state index >= 15 is 0 Å². The molecular formula is C17H21N5O5S. The molecule has 1 fully saturated rings. The molecule has 4 rings (SSSR count). The molecule has 10 nitrogen and oxygen atoms in total. The standard InChI is InChI=1S/C16H19N5O3S.CH2O2/c17-12-8-13(20-15(18)19-12)21-4-2-16(3-5-21)9-7-11(14(22)23)25-10(9)1-6-24-16;2-1-3/h7-8H,1-6H2,(H,22,23)(H4,17,18,19,20);1H,(H,2,3). The van der Waals surface area contributed by atoms with Crippen molar-refractivity contribution in [2.45, 2.75) is 24.9 Å². The Morgan fingerprint density at radius 1 is 1.29 bits per heavy atom. The van der Waals surface area contributed by atoms with Gasteiger partial charge >= 0.3 is 5.97 Å². The van der Waals surface area contributed by atoms with Crippen LogP contribution in [-0.2, 0) is 21.6 Å². The van der Waals surface area contributed by atoms with Gasteiger partial charge in [0.1, 0.15) is 16.5 Å². The van der Waals surface area contributed by atoms with E-state index in [4.69, 9.17) is 26.1 Å². The van der Waals surface area contributed by atoms with Crippen molar-refractivity contribution in [1.29, 1.82) is 0 Å². The van der Waals surface area contributed by atoms with Crippen molar-refractivity contribution in [3.8, 4) is 0 Å². The number of nitrogens with two attached hydrogens (primary N) is 2. The summed E-state index contributed by atoms with van der Waals surface area (Å²) in [5.74, 6) is 0.352. The molecule has 0 saturated carbocycles. The number of nitrogen functional groups attached to an aromatic ring is 2. The lowest BCUT2D eigenvalue weighted by Crippen LogP contribution is -2.46. The second kappa shape index (κ2) is 7.98. The molecule has 0 radical (unpaired) electrons. The van der Waals surface area contributed by atoms with Gasteiger partial charge < -0.3 is 31.3 Å². The third kappa shape index (κ3) is 3.85. The van der Waals surface area contributed by atoms with Gasteiger partial charge in [0.25, 0.3) is 6.47 Å². The van der Waals surface area contributed by atoms with Gasteiger partial charge in [0, 0.05) is 30.5 Å². The smallest absolute Gasteiger partial charge is 0.345 e. The fourth-order valence-corrected chi connectivity index (χ4v) is 4.74. The molecule has 0 bridgehead atoms. The number of aromatic nitrogens is 2. The molecule has 4 heterocycles. The van der Waals surface area contributed by atoms with Crippen molar-refractivity contribution in [3.05, 3.63) is 27.5 Å². The van der Waals surface area contributed by atoms with Gasteiger partial charge in [-0.15, -0.1) is 11.3 Å². The summed E-state index contributed by atoms with van der Waals surface area (Å²) in [4.78, 5) is 31.5. The number of ether oxygens (including phenoxy) is 1. The van der Waals surface area contributed by atoms with E-state index in [1.807, 2.05) is 0 Å². The molecule has 2 aromatic heterocycles. The molecule has 0 unspecified atom stereocenters. The molecule has 150 valence electrons. The number of thiophene rings is 1. The minimum absolute atomic E-state index is 0.162. The Balaban J connectivity index is 0.000000706. The van der Waals surface area contributed by atoms with Gasteiger partial charge in [-0.25, -0.2) is 4.79 Å². The van der Waals surface area contributed by atoms with Crippen molar-refractivity contribution < 1.29 is 24.5 Å². The van der Waals surface area contributed by atoms with Crippen molar-refractivity contribution in [2.75, 3.05) is 36.1 Å². The monoisotopic (exact) mass is 407 g/mol. The summed E-state index contributed by atoms with van der Waals surface area (Å²) >= 11 is 1.37.